The van der Waals surface area contributed by atoms with Crippen LogP contribution in [0, 0.1) is 17.8 Å². The van der Waals surface area contributed by atoms with Gasteiger partial charge in [0.15, 0.2) is 0 Å². The van der Waals surface area contributed by atoms with E-state index in [1.165, 1.54) is 0 Å². The van der Waals surface area contributed by atoms with Crippen LogP contribution in [-0.4, -0.2) is 55.6 Å². The van der Waals surface area contributed by atoms with Gasteiger partial charge in [0.05, 0.1) is 4.90 Å². The number of likely N-dealkylation sites (tertiary alicyclic amines) is 1. The number of amides is 2. The Morgan fingerprint density at radius 1 is 0.967 bits per heavy atom. The van der Waals surface area contributed by atoms with Crippen LogP contribution in [0.15, 0.2) is 29.2 Å². The lowest BCUT2D eigenvalue weighted by Crippen LogP contribution is -2.43. The van der Waals surface area contributed by atoms with E-state index in [1.807, 2.05) is 18.7 Å². The Labute approximate surface area is 179 Å². The summed E-state index contributed by atoms with van der Waals surface area (Å²) in [6.45, 7) is 8.22. The highest BCUT2D eigenvalue weighted by Gasteiger charge is 2.29. The van der Waals surface area contributed by atoms with E-state index in [1.54, 1.807) is 28.6 Å². The molecule has 2 fully saturated rings. The van der Waals surface area contributed by atoms with Crippen molar-refractivity contribution in [3.05, 3.63) is 24.3 Å². The van der Waals surface area contributed by atoms with E-state index < -0.39 is 10.0 Å². The molecule has 3 rings (SSSR count). The third-order valence-electron chi connectivity index (χ3n) is 6.17. The maximum atomic E-state index is 12.8. The molecule has 2 saturated heterocycles. The van der Waals surface area contributed by atoms with Crippen LogP contribution in [-0.2, 0) is 19.6 Å². The number of piperidine rings is 2. The smallest absolute Gasteiger partial charge is 0.243 e. The number of nitrogens with one attached hydrogen (secondary N) is 1. The molecule has 2 aliphatic rings. The highest BCUT2D eigenvalue weighted by Crippen LogP contribution is 2.25. The molecule has 2 amide bonds. The van der Waals surface area contributed by atoms with Crippen LogP contribution in [0.5, 0.6) is 0 Å². The molecular weight excluding hydrogens is 402 g/mol. The summed E-state index contributed by atoms with van der Waals surface area (Å²) in [4.78, 5) is 26.8. The van der Waals surface area contributed by atoms with Crippen molar-refractivity contribution in [1.82, 2.24) is 9.21 Å². The average molecular weight is 436 g/mol. The number of benzene rings is 1. The molecule has 0 radical (unpaired) electrons. The predicted molar refractivity (Wildman–Crippen MR) is 116 cm³/mol. The van der Waals surface area contributed by atoms with Gasteiger partial charge in [-0.25, -0.2) is 8.42 Å². The van der Waals surface area contributed by atoms with Gasteiger partial charge in [-0.3, -0.25) is 9.59 Å². The van der Waals surface area contributed by atoms with Crippen molar-refractivity contribution in [2.75, 3.05) is 31.5 Å². The SMILES string of the molecule is CC1CCN(S(=O)(=O)c2ccc(NC(=O)C3CCN(C(=O)C(C)C)CC3)cc2)CC1. The number of carbonyl (C=O) groups excluding carboxylic acids is 2. The summed E-state index contributed by atoms with van der Waals surface area (Å²) in [6, 6.07) is 6.42. The molecule has 0 unspecified atom stereocenters. The van der Waals surface area contributed by atoms with Gasteiger partial charge in [-0.05, 0) is 55.9 Å². The Bertz CT molecular complexity index is 851. The minimum absolute atomic E-state index is 0.0292. The maximum absolute atomic E-state index is 12.8. The number of carbonyl (C=O) groups is 2. The van der Waals surface area contributed by atoms with Gasteiger partial charge in [-0.1, -0.05) is 20.8 Å². The molecule has 166 valence electrons. The van der Waals surface area contributed by atoms with E-state index in [0.29, 0.717) is 50.6 Å². The van der Waals surface area contributed by atoms with E-state index in [4.69, 9.17) is 0 Å². The summed E-state index contributed by atoms with van der Waals surface area (Å²) >= 11 is 0. The van der Waals surface area contributed by atoms with Crippen molar-refractivity contribution < 1.29 is 18.0 Å². The fraction of sp³-hybridized carbons (Fsp3) is 0.636. The van der Waals surface area contributed by atoms with E-state index in [2.05, 4.69) is 12.2 Å². The summed E-state index contributed by atoms with van der Waals surface area (Å²) in [5.74, 6) is 0.448. The third-order valence-corrected chi connectivity index (χ3v) is 8.09. The second-order valence-corrected chi connectivity index (χ2v) is 10.8. The molecular formula is C22H33N3O4S. The van der Waals surface area contributed by atoms with Crippen molar-refractivity contribution in [2.24, 2.45) is 17.8 Å². The first-order valence-electron chi connectivity index (χ1n) is 10.9. The number of rotatable bonds is 5. The molecule has 0 spiro atoms. The van der Waals surface area contributed by atoms with Gasteiger partial charge in [0.1, 0.15) is 0 Å². The first-order chi connectivity index (χ1) is 14.2. The average Bonchev–Trinajstić information content (AvgIpc) is 2.74. The molecule has 0 bridgehead atoms. The van der Waals surface area contributed by atoms with Gasteiger partial charge in [0.2, 0.25) is 21.8 Å². The molecule has 1 aromatic rings. The van der Waals surface area contributed by atoms with Crippen LogP contribution in [0.25, 0.3) is 0 Å². The van der Waals surface area contributed by atoms with Gasteiger partial charge in [0, 0.05) is 43.7 Å². The highest BCUT2D eigenvalue weighted by atomic mass is 32.2. The Kier molecular flexibility index (Phi) is 7.18. The largest absolute Gasteiger partial charge is 0.342 e. The standard InChI is InChI=1S/C22H33N3O4S/c1-16(2)22(27)24-12-10-18(11-13-24)21(26)23-19-4-6-20(7-5-19)30(28,29)25-14-8-17(3)9-15-25/h4-7,16-18H,8-15H2,1-3H3,(H,23,26). The van der Waals surface area contributed by atoms with Gasteiger partial charge in [-0.2, -0.15) is 4.31 Å². The van der Waals surface area contributed by atoms with Gasteiger partial charge < -0.3 is 10.2 Å². The molecule has 8 heteroatoms. The summed E-state index contributed by atoms with van der Waals surface area (Å²) in [6.07, 6.45) is 3.05. The van der Waals surface area contributed by atoms with Crippen LogP contribution < -0.4 is 5.32 Å². The topological polar surface area (TPSA) is 86.8 Å². The fourth-order valence-corrected chi connectivity index (χ4v) is 5.53. The van der Waals surface area contributed by atoms with Crippen molar-refractivity contribution in [2.45, 2.75) is 51.3 Å². The van der Waals surface area contributed by atoms with Crippen LogP contribution in [0.2, 0.25) is 0 Å². The second-order valence-electron chi connectivity index (χ2n) is 8.85. The predicted octanol–water partition coefficient (Wildman–Crippen LogP) is 2.94. The second kappa shape index (κ2) is 9.47. The number of nitrogens with zero attached hydrogens (tertiary/aromatic N) is 2. The highest BCUT2D eigenvalue weighted by molar-refractivity contribution is 7.89. The molecule has 0 atom stereocenters. The number of anilines is 1. The third kappa shape index (κ3) is 5.21. The Balaban J connectivity index is 1.56. The zero-order valence-electron chi connectivity index (χ0n) is 18.1. The monoisotopic (exact) mass is 435 g/mol. The van der Waals surface area contributed by atoms with Crippen molar-refractivity contribution in [3.63, 3.8) is 0 Å². The van der Waals surface area contributed by atoms with E-state index >= 15 is 0 Å². The molecule has 0 aliphatic carbocycles. The number of hydrogen-bond donors (Lipinski definition) is 1. The zero-order chi connectivity index (χ0) is 21.9. The minimum atomic E-state index is -3.49. The zero-order valence-corrected chi connectivity index (χ0v) is 19.0. The molecule has 1 N–H and O–H groups in total. The van der Waals surface area contributed by atoms with Crippen LogP contribution in [0.1, 0.15) is 46.5 Å². The molecule has 2 heterocycles. The van der Waals surface area contributed by atoms with Crippen molar-refractivity contribution in [3.8, 4) is 0 Å². The fourth-order valence-electron chi connectivity index (χ4n) is 4.06. The van der Waals surface area contributed by atoms with Crippen LogP contribution >= 0.6 is 0 Å². The van der Waals surface area contributed by atoms with Crippen LogP contribution in [0.3, 0.4) is 0 Å². The van der Waals surface area contributed by atoms with Gasteiger partial charge in [0.25, 0.3) is 0 Å². The maximum Gasteiger partial charge on any atom is 0.243 e. The summed E-state index contributed by atoms with van der Waals surface area (Å²) in [5, 5.41) is 2.89. The number of sulfonamides is 1. The molecule has 30 heavy (non-hydrogen) atoms. The van der Waals surface area contributed by atoms with Crippen molar-refractivity contribution >= 4 is 27.5 Å². The molecule has 0 saturated carbocycles. The van der Waals surface area contributed by atoms with E-state index in [0.717, 1.165) is 12.8 Å². The molecule has 0 aromatic heterocycles. The Hall–Kier alpha value is -1.93. The normalized spacial score (nSPS) is 19.8. The Morgan fingerprint density at radius 3 is 2.07 bits per heavy atom. The Morgan fingerprint density at radius 2 is 1.53 bits per heavy atom. The van der Waals surface area contributed by atoms with Gasteiger partial charge in [-0.15, -0.1) is 0 Å². The van der Waals surface area contributed by atoms with Crippen LogP contribution in [0.4, 0.5) is 5.69 Å². The summed E-state index contributed by atoms with van der Waals surface area (Å²) in [7, 11) is -3.49. The molecule has 1 aromatic carbocycles. The van der Waals surface area contributed by atoms with E-state index in [-0.39, 0.29) is 28.5 Å². The quantitative estimate of drug-likeness (QED) is 0.770. The lowest BCUT2D eigenvalue weighted by Gasteiger charge is -2.32. The summed E-state index contributed by atoms with van der Waals surface area (Å²) in [5.41, 5.74) is 0.590. The van der Waals surface area contributed by atoms with Gasteiger partial charge >= 0.3 is 0 Å². The first-order valence-corrected chi connectivity index (χ1v) is 12.3. The lowest BCUT2D eigenvalue weighted by molar-refractivity contribution is -0.137. The minimum Gasteiger partial charge on any atom is -0.342 e. The lowest BCUT2D eigenvalue weighted by atomic mass is 9.95. The van der Waals surface area contributed by atoms with E-state index in [9.17, 15) is 18.0 Å². The number of hydrogen-bond acceptors (Lipinski definition) is 4. The molecule has 7 nitrogen and oxygen atoms in total. The van der Waals surface area contributed by atoms with Crippen molar-refractivity contribution in [1.29, 1.82) is 0 Å². The molecule has 2 aliphatic heterocycles. The summed E-state index contributed by atoms with van der Waals surface area (Å²) < 4.78 is 27.2. The first kappa shape index (κ1) is 22.7.